The normalized spacial score (nSPS) is 11.9. The van der Waals surface area contributed by atoms with Crippen LogP contribution in [0.5, 0.6) is 0 Å². The summed E-state index contributed by atoms with van der Waals surface area (Å²) in [6, 6.07) is 8.54. The van der Waals surface area contributed by atoms with Gasteiger partial charge in [-0.05, 0) is 30.9 Å². The van der Waals surface area contributed by atoms with Crippen molar-refractivity contribution in [2.75, 3.05) is 39.1 Å². The molecular formula is C18H32IN3O3S. The highest BCUT2D eigenvalue weighted by atomic mass is 127. The number of hydrogen-bond acceptors (Lipinski definition) is 4. The van der Waals surface area contributed by atoms with Gasteiger partial charge in [0.25, 0.3) is 0 Å². The molecule has 0 bridgehead atoms. The molecule has 6 nitrogen and oxygen atoms in total. The Morgan fingerprint density at radius 1 is 1.12 bits per heavy atom. The Labute approximate surface area is 175 Å². The molecule has 8 heteroatoms. The first-order valence-corrected chi connectivity index (χ1v) is 10.4. The summed E-state index contributed by atoms with van der Waals surface area (Å²) in [5.41, 5.74) is 0. The highest BCUT2D eigenvalue weighted by molar-refractivity contribution is 14.0. The average molecular weight is 497 g/mol. The van der Waals surface area contributed by atoms with Gasteiger partial charge in [-0.15, -0.1) is 24.0 Å². The van der Waals surface area contributed by atoms with Gasteiger partial charge in [-0.2, -0.15) is 0 Å². The second-order valence-corrected chi connectivity index (χ2v) is 8.32. The summed E-state index contributed by atoms with van der Waals surface area (Å²) in [4.78, 5) is 4.49. The van der Waals surface area contributed by atoms with Gasteiger partial charge in [0.2, 0.25) is 0 Å². The average Bonchev–Trinajstić information content (AvgIpc) is 2.60. The van der Waals surface area contributed by atoms with Crippen LogP contribution in [0.2, 0.25) is 0 Å². The number of hydrogen-bond donors (Lipinski definition) is 2. The van der Waals surface area contributed by atoms with Crippen LogP contribution in [0.3, 0.4) is 0 Å². The van der Waals surface area contributed by atoms with Crippen molar-refractivity contribution in [3.05, 3.63) is 30.3 Å². The van der Waals surface area contributed by atoms with Gasteiger partial charge in [0.1, 0.15) is 0 Å². The van der Waals surface area contributed by atoms with E-state index in [1.54, 1.807) is 31.3 Å². The Morgan fingerprint density at radius 2 is 1.77 bits per heavy atom. The largest absolute Gasteiger partial charge is 0.380 e. The van der Waals surface area contributed by atoms with Crippen molar-refractivity contribution in [2.24, 2.45) is 10.9 Å². The Hall–Kier alpha value is -0.870. The van der Waals surface area contributed by atoms with Crippen LogP contribution in [0.1, 0.15) is 26.7 Å². The number of rotatable bonds is 11. The monoisotopic (exact) mass is 497 g/mol. The van der Waals surface area contributed by atoms with Crippen molar-refractivity contribution >= 4 is 39.8 Å². The first kappa shape index (κ1) is 25.1. The van der Waals surface area contributed by atoms with Crippen molar-refractivity contribution in [3.63, 3.8) is 0 Å². The van der Waals surface area contributed by atoms with Crippen molar-refractivity contribution in [3.8, 4) is 0 Å². The third-order valence-corrected chi connectivity index (χ3v) is 5.40. The summed E-state index contributed by atoms with van der Waals surface area (Å²) in [7, 11) is -1.53. The number of benzene rings is 1. The summed E-state index contributed by atoms with van der Waals surface area (Å²) < 4.78 is 29.9. The van der Waals surface area contributed by atoms with Crippen molar-refractivity contribution in [1.82, 2.24) is 10.6 Å². The molecule has 0 saturated heterocycles. The topological polar surface area (TPSA) is 79.8 Å². The van der Waals surface area contributed by atoms with Gasteiger partial charge in [0, 0.05) is 26.7 Å². The molecule has 0 aromatic heterocycles. The first-order chi connectivity index (χ1) is 12.0. The van der Waals surface area contributed by atoms with Crippen LogP contribution in [0.15, 0.2) is 40.2 Å². The number of aliphatic imine (C=N–C) groups is 1. The van der Waals surface area contributed by atoms with Crippen molar-refractivity contribution < 1.29 is 13.2 Å². The summed E-state index contributed by atoms with van der Waals surface area (Å²) >= 11 is 0. The number of sulfone groups is 1. The predicted molar refractivity (Wildman–Crippen MR) is 118 cm³/mol. The summed E-state index contributed by atoms with van der Waals surface area (Å²) in [5.74, 6) is 1.42. The maximum atomic E-state index is 12.2. The Kier molecular flexibility index (Phi) is 13.7. The smallest absolute Gasteiger partial charge is 0.191 e. The maximum absolute atomic E-state index is 12.2. The van der Waals surface area contributed by atoms with Crippen LogP contribution < -0.4 is 10.6 Å². The van der Waals surface area contributed by atoms with Gasteiger partial charge < -0.3 is 15.4 Å². The lowest BCUT2D eigenvalue weighted by Crippen LogP contribution is -2.39. The minimum Gasteiger partial charge on any atom is -0.380 e. The Bertz CT molecular complexity index is 607. The maximum Gasteiger partial charge on any atom is 0.191 e. The third kappa shape index (κ3) is 11.0. The highest BCUT2D eigenvalue weighted by Crippen LogP contribution is 2.10. The van der Waals surface area contributed by atoms with Gasteiger partial charge in [0.05, 0.1) is 17.3 Å². The summed E-state index contributed by atoms with van der Waals surface area (Å²) in [6.45, 7) is 6.94. The van der Waals surface area contributed by atoms with E-state index in [1.807, 2.05) is 6.07 Å². The van der Waals surface area contributed by atoms with E-state index in [0.717, 1.165) is 13.0 Å². The van der Waals surface area contributed by atoms with Crippen molar-refractivity contribution in [2.45, 2.75) is 31.6 Å². The van der Waals surface area contributed by atoms with E-state index < -0.39 is 9.84 Å². The molecule has 0 atom stereocenters. The Balaban J connectivity index is 0.00000625. The summed E-state index contributed by atoms with van der Waals surface area (Å²) in [5, 5.41) is 6.27. The van der Waals surface area contributed by atoms with Crippen LogP contribution in [0.4, 0.5) is 0 Å². The molecular weight excluding hydrogens is 465 g/mol. The fraction of sp³-hybridized carbons (Fsp3) is 0.611. The van der Waals surface area contributed by atoms with E-state index in [1.165, 1.54) is 0 Å². The molecule has 150 valence electrons. The van der Waals surface area contributed by atoms with Gasteiger partial charge in [0.15, 0.2) is 15.8 Å². The van der Waals surface area contributed by atoms with E-state index in [0.29, 0.717) is 42.9 Å². The lowest BCUT2D eigenvalue weighted by atomic mass is 10.1. The van der Waals surface area contributed by atoms with E-state index >= 15 is 0 Å². The molecule has 1 rings (SSSR count). The van der Waals surface area contributed by atoms with Crippen LogP contribution in [0.25, 0.3) is 0 Å². The lowest BCUT2D eigenvalue weighted by molar-refractivity contribution is 0.128. The molecule has 0 aliphatic carbocycles. The molecule has 2 N–H and O–H groups in total. The zero-order valence-corrected chi connectivity index (χ0v) is 19.0. The molecule has 0 amide bonds. The second-order valence-electron chi connectivity index (χ2n) is 6.21. The molecule has 0 fully saturated rings. The van der Waals surface area contributed by atoms with Crippen molar-refractivity contribution in [1.29, 1.82) is 0 Å². The lowest BCUT2D eigenvalue weighted by Gasteiger charge is -2.12. The van der Waals surface area contributed by atoms with E-state index in [4.69, 9.17) is 4.74 Å². The molecule has 0 radical (unpaired) electrons. The number of halogens is 1. The van der Waals surface area contributed by atoms with E-state index in [-0.39, 0.29) is 29.7 Å². The van der Waals surface area contributed by atoms with Crippen LogP contribution in [-0.2, 0) is 14.6 Å². The minimum atomic E-state index is -3.22. The van der Waals surface area contributed by atoms with E-state index in [9.17, 15) is 8.42 Å². The number of nitrogens with zero attached hydrogens (tertiary/aromatic N) is 1. The molecule has 0 aliphatic heterocycles. The number of guanidine groups is 1. The van der Waals surface area contributed by atoms with E-state index in [2.05, 4.69) is 29.5 Å². The zero-order chi connectivity index (χ0) is 18.5. The van der Waals surface area contributed by atoms with Gasteiger partial charge in [-0.25, -0.2) is 8.42 Å². The zero-order valence-electron chi connectivity index (χ0n) is 15.9. The fourth-order valence-electron chi connectivity index (χ4n) is 2.10. The first-order valence-electron chi connectivity index (χ1n) is 8.76. The SMILES string of the molecule is CN=C(NCCCS(=O)(=O)c1ccccc1)NCCOCCC(C)C.I. The fourth-order valence-corrected chi connectivity index (χ4v) is 3.43. The van der Waals surface area contributed by atoms with Gasteiger partial charge in [-0.3, -0.25) is 4.99 Å². The van der Waals surface area contributed by atoms with Gasteiger partial charge in [-0.1, -0.05) is 32.0 Å². The van der Waals surface area contributed by atoms with Crippen LogP contribution in [0, 0.1) is 5.92 Å². The minimum absolute atomic E-state index is 0. The molecule has 0 spiro atoms. The molecule has 1 aromatic rings. The Morgan fingerprint density at radius 3 is 2.38 bits per heavy atom. The standard InChI is InChI=1S/C18H31N3O3S.HI/c1-16(2)10-13-24-14-12-21-18(19-3)20-11-7-15-25(22,23)17-8-5-4-6-9-17;/h4-6,8-9,16H,7,10-15H2,1-3H3,(H2,19,20,21);1H. The third-order valence-electron chi connectivity index (χ3n) is 3.59. The molecule has 0 heterocycles. The van der Waals surface area contributed by atoms with Crippen LogP contribution >= 0.6 is 24.0 Å². The highest BCUT2D eigenvalue weighted by Gasteiger charge is 2.13. The molecule has 0 unspecified atom stereocenters. The molecule has 0 aliphatic rings. The summed E-state index contributed by atoms with van der Waals surface area (Å²) in [6.07, 6.45) is 1.58. The predicted octanol–water partition coefficient (Wildman–Crippen LogP) is 2.70. The number of nitrogens with one attached hydrogen (secondary N) is 2. The quantitative estimate of drug-likeness (QED) is 0.213. The van der Waals surface area contributed by atoms with Gasteiger partial charge >= 0.3 is 0 Å². The van der Waals surface area contributed by atoms with Crippen LogP contribution in [-0.4, -0.2) is 53.5 Å². The molecule has 1 aromatic carbocycles. The molecule has 0 saturated carbocycles. The second kappa shape index (κ2) is 14.2. The molecule has 26 heavy (non-hydrogen) atoms. The number of ether oxygens (including phenoxy) is 1.